The molecule has 0 N–H and O–H groups in total. The predicted octanol–water partition coefficient (Wildman–Crippen LogP) is 3.41. The Morgan fingerprint density at radius 1 is 1.08 bits per heavy atom. The topological polar surface area (TPSA) is 55.8 Å². The summed E-state index contributed by atoms with van der Waals surface area (Å²) in [4.78, 5) is 25.7. The zero-order valence-electron chi connectivity index (χ0n) is 14.2. The van der Waals surface area contributed by atoms with Gasteiger partial charge >= 0.3 is 5.97 Å². The molecule has 0 aliphatic heterocycles. The molecule has 2 aromatic rings. The van der Waals surface area contributed by atoms with E-state index in [1.807, 2.05) is 24.3 Å². The molecule has 0 bridgehead atoms. The lowest BCUT2D eigenvalue weighted by atomic mass is 10.1. The van der Waals surface area contributed by atoms with Gasteiger partial charge < -0.3 is 14.4 Å². The Hall–Kier alpha value is -2.18. The van der Waals surface area contributed by atoms with E-state index >= 15 is 0 Å². The van der Waals surface area contributed by atoms with Crippen molar-refractivity contribution >= 4 is 27.8 Å². The number of methoxy groups -OCH3 is 1. The zero-order valence-corrected chi connectivity index (χ0v) is 15.8. The maximum atomic E-state index is 12.2. The van der Waals surface area contributed by atoms with Crippen molar-refractivity contribution in [3.8, 4) is 0 Å². The van der Waals surface area contributed by atoms with Crippen LogP contribution in [0.4, 0.5) is 0 Å². The normalized spacial score (nSPS) is 10.4. The first-order chi connectivity index (χ1) is 12.0. The van der Waals surface area contributed by atoms with Crippen LogP contribution in [0.15, 0.2) is 53.0 Å². The highest BCUT2D eigenvalue weighted by Crippen LogP contribution is 2.17. The number of ether oxygens (including phenoxy) is 2. The van der Waals surface area contributed by atoms with Gasteiger partial charge in [-0.25, -0.2) is 4.79 Å². The van der Waals surface area contributed by atoms with Crippen LogP contribution in [0.1, 0.15) is 21.5 Å². The summed E-state index contributed by atoms with van der Waals surface area (Å²) in [5.41, 5.74) is 2.35. The maximum absolute atomic E-state index is 12.2. The molecular formula is C19H20BrNO4. The van der Waals surface area contributed by atoms with Gasteiger partial charge in [0.05, 0.1) is 12.2 Å². The third-order valence-electron chi connectivity index (χ3n) is 3.62. The number of carbonyl (C=O) groups excluding carboxylic acids is 2. The summed E-state index contributed by atoms with van der Waals surface area (Å²) in [6, 6.07) is 14.6. The monoisotopic (exact) mass is 405 g/mol. The van der Waals surface area contributed by atoms with Gasteiger partial charge in [0.15, 0.2) is 6.61 Å². The Morgan fingerprint density at radius 3 is 2.40 bits per heavy atom. The lowest BCUT2D eigenvalue weighted by Crippen LogP contribution is -2.31. The van der Waals surface area contributed by atoms with Crippen molar-refractivity contribution < 1.29 is 19.1 Å². The van der Waals surface area contributed by atoms with Gasteiger partial charge in [-0.2, -0.15) is 0 Å². The molecule has 0 aromatic heterocycles. The Labute approximate surface area is 155 Å². The lowest BCUT2D eigenvalue weighted by molar-refractivity contribution is -0.133. The molecular weight excluding hydrogens is 386 g/mol. The van der Waals surface area contributed by atoms with Crippen molar-refractivity contribution in [3.63, 3.8) is 0 Å². The van der Waals surface area contributed by atoms with Crippen molar-refractivity contribution in [1.82, 2.24) is 4.90 Å². The quantitative estimate of drug-likeness (QED) is 0.662. The van der Waals surface area contributed by atoms with Crippen molar-refractivity contribution in [2.45, 2.75) is 13.2 Å². The largest absolute Gasteiger partial charge is 0.452 e. The molecule has 132 valence electrons. The first-order valence-electron chi connectivity index (χ1n) is 7.73. The minimum atomic E-state index is -0.522. The summed E-state index contributed by atoms with van der Waals surface area (Å²) in [5.74, 6) is -0.785. The molecule has 25 heavy (non-hydrogen) atoms. The maximum Gasteiger partial charge on any atom is 0.338 e. The van der Waals surface area contributed by atoms with Crippen molar-refractivity contribution in [1.29, 1.82) is 0 Å². The van der Waals surface area contributed by atoms with Crippen molar-refractivity contribution in [2.24, 2.45) is 0 Å². The molecule has 2 aromatic carbocycles. The van der Waals surface area contributed by atoms with Crippen LogP contribution >= 0.6 is 15.9 Å². The van der Waals surface area contributed by atoms with Crippen LogP contribution in [0, 0.1) is 0 Å². The fraction of sp³-hybridized carbons (Fsp3) is 0.263. The average molecular weight is 406 g/mol. The number of carbonyl (C=O) groups is 2. The van der Waals surface area contributed by atoms with Crippen LogP contribution in [0.2, 0.25) is 0 Å². The van der Waals surface area contributed by atoms with Crippen LogP contribution < -0.4 is 0 Å². The van der Waals surface area contributed by atoms with Crippen LogP contribution in [0.5, 0.6) is 0 Å². The van der Waals surface area contributed by atoms with E-state index < -0.39 is 5.97 Å². The summed E-state index contributed by atoms with van der Waals surface area (Å²) in [5, 5.41) is 0. The second-order valence-electron chi connectivity index (χ2n) is 5.55. The van der Waals surface area contributed by atoms with Crippen LogP contribution in [0.3, 0.4) is 0 Å². The first-order valence-corrected chi connectivity index (χ1v) is 8.53. The highest BCUT2D eigenvalue weighted by Gasteiger charge is 2.14. The van der Waals surface area contributed by atoms with Gasteiger partial charge in [0.2, 0.25) is 0 Å². The second-order valence-corrected chi connectivity index (χ2v) is 6.40. The molecule has 0 heterocycles. The number of amides is 1. The highest BCUT2D eigenvalue weighted by molar-refractivity contribution is 9.10. The molecule has 0 unspecified atom stereocenters. The molecule has 5 nitrogen and oxygen atoms in total. The fourth-order valence-corrected chi connectivity index (χ4v) is 2.61. The van der Waals surface area contributed by atoms with E-state index in [4.69, 9.17) is 9.47 Å². The van der Waals surface area contributed by atoms with E-state index in [-0.39, 0.29) is 12.5 Å². The number of rotatable bonds is 7. The van der Waals surface area contributed by atoms with Crippen LogP contribution in [0.25, 0.3) is 0 Å². The summed E-state index contributed by atoms with van der Waals surface area (Å²) < 4.78 is 11.1. The number of benzene rings is 2. The van der Waals surface area contributed by atoms with Gasteiger partial charge in [-0.05, 0) is 29.3 Å². The summed E-state index contributed by atoms with van der Waals surface area (Å²) >= 11 is 3.45. The van der Waals surface area contributed by atoms with Gasteiger partial charge in [-0.15, -0.1) is 0 Å². The highest BCUT2D eigenvalue weighted by atomic mass is 79.9. The molecule has 0 spiro atoms. The number of likely N-dealkylation sites (N-methyl/N-ethyl adjacent to an activating group) is 1. The van der Waals surface area contributed by atoms with Gasteiger partial charge in [0, 0.05) is 25.2 Å². The average Bonchev–Trinajstić information content (AvgIpc) is 2.62. The van der Waals surface area contributed by atoms with E-state index in [2.05, 4.69) is 15.9 Å². The Kier molecular flexibility index (Phi) is 7.16. The van der Waals surface area contributed by atoms with Crippen molar-refractivity contribution in [2.75, 3.05) is 20.8 Å². The van der Waals surface area contributed by atoms with E-state index in [0.29, 0.717) is 18.7 Å². The third-order valence-corrected chi connectivity index (χ3v) is 4.39. The van der Waals surface area contributed by atoms with Crippen molar-refractivity contribution in [3.05, 3.63) is 69.7 Å². The number of nitrogens with zero attached hydrogens (tertiary/aromatic N) is 1. The van der Waals surface area contributed by atoms with E-state index in [1.165, 1.54) is 4.90 Å². The molecule has 0 fully saturated rings. The van der Waals surface area contributed by atoms with Gasteiger partial charge in [0.25, 0.3) is 5.91 Å². The fourth-order valence-electron chi connectivity index (χ4n) is 2.19. The number of halogens is 1. The van der Waals surface area contributed by atoms with E-state index in [0.717, 1.165) is 15.6 Å². The standard InChI is InChI=1S/C19H20BrNO4/c1-21(11-16-5-3-4-6-17(16)20)18(22)13-25-19(23)15-9-7-14(8-10-15)12-24-2/h3-10H,11-13H2,1-2H3. The summed E-state index contributed by atoms with van der Waals surface area (Å²) in [7, 11) is 3.29. The van der Waals surface area contributed by atoms with Crippen LogP contribution in [-0.2, 0) is 27.4 Å². The van der Waals surface area contributed by atoms with Gasteiger partial charge in [-0.3, -0.25) is 4.79 Å². The lowest BCUT2D eigenvalue weighted by Gasteiger charge is -2.18. The number of hydrogen-bond donors (Lipinski definition) is 0. The molecule has 0 atom stereocenters. The van der Waals surface area contributed by atoms with Gasteiger partial charge in [0.1, 0.15) is 0 Å². The molecule has 1 amide bonds. The summed E-state index contributed by atoms with van der Waals surface area (Å²) in [6.45, 7) is 0.622. The predicted molar refractivity (Wildman–Crippen MR) is 98.1 cm³/mol. The Morgan fingerprint density at radius 2 is 1.76 bits per heavy atom. The number of hydrogen-bond acceptors (Lipinski definition) is 4. The molecule has 0 saturated carbocycles. The zero-order chi connectivity index (χ0) is 18.2. The molecule has 0 aliphatic carbocycles. The third kappa shape index (κ3) is 5.69. The van der Waals surface area contributed by atoms with Crippen LogP contribution in [-0.4, -0.2) is 37.5 Å². The number of esters is 1. The van der Waals surface area contributed by atoms with E-state index in [1.54, 1.807) is 38.4 Å². The Balaban J connectivity index is 1.86. The van der Waals surface area contributed by atoms with E-state index in [9.17, 15) is 9.59 Å². The first kappa shape index (κ1) is 19.1. The molecule has 2 rings (SSSR count). The van der Waals surface area contributed by atoms with Gasteiger partial charge in [-0.1, -0.05) is 46.3 Å². The minimum Gasteiger partial charge on any atom is -0.452 e. The SMILES string of the molecule is COCc1ccc(C(=O)OCC(=O)N(C)Cc2ccccc2Br)cc1. The summed E-state index contributed by atoms with van der Waals surface area (Å²) in [6.07, 6.45) is 0. The molecule has 6 heteroatoms. The minimum absolute atomic E-state index is 0.264. The molecule has 0 saturated heterocycles. The Bertz CT molecular complexity index is 730. The molecule has 0 aliphatic rings. The second kappa shape index (κ2) is 9.34. The molecule has 0 radical (unpaired) electrons. The smallest absolute Gasteiger partial charge is 0.338 e.